The quantitative estimate of drug-likeness (QED) is 0.830. The first-order chi connectivity index (χ1) is 12.6. The lowest BCUT2D eigenvalue weighted by molar-refractivity contribution is -0.112. The predicted octanol–water partition coefficient (Wildman–Crippen LogP) is 3.31. The molecule has 1 aromatic carbocycles. The number of carbonyl (C=O) groups excluding carboxylic acids is 1. The van der Waals surface area contributed by atoms with Crippen LogP contribution in [0.4, 0.5) is 17.3 Å². The number of anilines is 3. The van der Waals surface area contributed by atoms with Crippen molar-refractivity contribution in [2.75, 3.05) is 29.9 Å². The second-order valence-corrected chi connectivity index (χ2v) is 7.02. The zero-order chi connectivity index (χ0) is 18.3. The van der Waals surface area contributed by atoms with E-state index in [2.05, 4.69) is 46.7 Å². The van der Waals surface area contributed by atoms with Gasteiger partial charge in [0.05, 0.1) is 5.69 Å². The zero-order valence-electron chi connectivity index (χ0n) is 15.4. The number of nitrogens with zero attached hydrogens (tertiary/aromatic N) is 3. The SMILES string of the molecule is C=C1C(=O)N(c2ncc[nH]2)c2ccc(NC3CCN(CC)CC3)c(C)c21. The largest absolute Gasteiger partial charge is 0.382 e. The summed E-state index contributed by atoms with van der Waals surface area (Å²) in [7, 11) is 0. The van der Waals surface area contributed by atoms with Crippen LogP contribution in [0, 0.1) is 6.92 Å². The number of H-pyrrole nitrogens is 1. The Labute approximate surface area is 153 Å². The number of nitrogens with one attached hydrogen (secondary N) is 2. The molecule has 0 atom stereocenters. The molecule has 0 bridgehead atoms. The van der Waals surface area contributed by atoms with Gasteiger partial charge in [0.25, 0.3) is 5.91 Å². The Morgan fingerprint density at radius 3 is 2.77 bits per heavy atom. The molecule has 6 nitrogen and oxygen atoms in total. The fraction of sp³-hybridized carbons (Fsp3) is 0.400. The number of fused-ring (bicyclic) bond motifs is 1. The molecule has 3 heterocycles. The van der Waals surface area contributed by atoms with Crippen molar-refractivity contribution in [3.63, 3.8) is 0 Å². The molecule has 26 heavy (non-hydrogen) atoms. The molecule has 0 spiro atoms. The maximum Gasteiger partial charge on any atom is 0.265 e. The highest BCUT2D eigenvalue weighted by molar-refractivity contribution is 6.34. The Morgan fingerprint density at radius 2 is 2.12 bits per heavy atom. The van der Waals surface area contributed by atoms with Gasteiger partial charge in [0.15, 0.2) is 0 Å². The molecular weight excluding hydrogens is 326 g/mol. The van der Waals surface area contributed by atoms with Gasteiger partial charge in [-0.2, -0.15) is 0 Å². The molecular formula is C20H25N5O. The zero-order valence-corrected chi connectivity index (χ0v) is 15.4. The summed E-state index contributed by atoms with van der Waals surface area (Å²) >= 11 is 0. The number of amides is 1. The van der Waals surface area contributed by atoms with E-state index in [0.29, 0.717) is 17.6 Å². The van der Waals surface area contributed by atoms with Crippen molar-refractivity contribution in [2.24, 2.45) is 0 Å². The molecule has 0 unspecified atom stereocenters. The summed E-state index contributed by atoms with van der Waals surface area (Å²) in [6.07, 6.45) is 5.65. The van der Waals surface area contributed by atoms with Crippen molar-refractivity contribution in [1.82, 2.24) is 14.9 Å². The van der Waals surface area contributed by atoms with Gasteiger partial charge in [-0.25, -0.2) is 9.88 Å². The summed E-state index contributed by atoms with van der Waals surface area (Å²) in [4.78, 5) is 24.1. The summed E-state index contributed by atoms with van der Waals surface area (Å²) < 4.78 is 0. The minimum atomic E-state index is -0.119. The van der Waals surface area contributed by atoms with Gasteiger partial charge >= 0.3 is 0 Å². The molecule has 1 fully saturated rings. The van der Waals surface area contributed by atoms with Crippen LogP contribution in [0.5, 0.6) is 0 Å². The average molecular weight is 351 g/mol. The van der Waals surface area contributed by atoms with Crippen LogP contribution in [-0.4, -0.2) is 46.5 Å². The molecule has 6 heteroatoms. The number of likely N-dealkylation sites (tertiary alicyclic amines) is 1. The molecule has 2 aliphatic heterocycles. The fourth-order valence-corrected chi connectivity index (χ4v) is 3.98. The van der Waals surface area contributed by atoms with Crippen molar-refractivity contribution in [1.29, 1.82) is 0 Å². The van der Waals surface area contributed by atoms with Crippen LogP contribution < -0.4 is 10.2 Å². The van der Waals surface area contributed by atoms with Crippen LogP contribution in [0.2, 0.25) is 0 Å². The van der Waals surface area contributed by atoms with Crippen molar-refractivity contribution in [3.05, 3.63) is 42.2 Å². The first-order valence-corrected chi connectivity index (χ1v) is 9.25. The van der Waals surface area contributed by atoms with Crippen LogP contribution in [0.1, 0.15) is 30.9 Å². The highest BCUT2D eigenvalue weighted by Crippen LogP contribution is 2.43. The van der Waals surface area contributed by atoms with Gasteiger partial charge in [-0.1, -0.05) is 13.5 Å². The standard InChI is InChI=1S/C20H25N5O/c1-4-24-11-7-15(8-12-24)23-16-5-6-17-18(13(16)2)14(3)19(26)25(17)20-21-9-10-22-20/h5-6,9-10,15,23H,3-4,7-8,11-12H2,1-2H3,(H,21,22). The van der Waals surface area contributed by atoms with Gasteiger partial charge in [0.2, 0.25) is 5.95 Å². The fourth-order valence-electron chi connectivity index (χ4n) is 3.98. The molecule has 0 aliphatic carbocycles. The maximum absolute atomic E-state index is 12.7. The molecule has 1 saturated heterocycles. The second-order valence-electron chi connectivity index (χ2n) is 7.02. The number of aromatic nitrogens is 2. The van der Waals surface area contributed by atoms with E-state index in [9.17, 15) is 4.79 Å². The topological polar surface area (TPSA) is 64.3 Å². The van der Waals surface area contributed by atoms with Gasteiger partial charge in [-0.15, -0.1) is 0 Å². The highest BCUT2D eigenvalue weighted by atomic mass is 16.2. The number of aromatic amines is 1. The van der Waals surface area contributed by atoms with Gasteiger partial charge in [-0.3, -0.25) is 4.79 Å². The van der Waals surface area contributed by atoms with Gasteiger partial charge in [0.1, 0.15) is 0 Å². The minimum absolute atomic E-state index is 0.119. The van der Waals surface area contributed by atoms with Gasteiger partial charge < -0.3 is 15.2 Å². The van der Waals surface area contributed by atoms with E-state index in [4.69, 9.17) is 0 Å². The van der Waals surface area contributed by atoms with Crippen LogP contribution in [0.25, 0.3) is 5.57 Å². The summed E-state index contributed by atoms with van der Waals surface area (Å²) in [6, 6.07) is 4.54. The Morgan fingerprint density at radius 1 is 1.35 bits per heavy atom. The second kappa shape index (κ2) is 6.61. The summed E-state index contributed by atoms with van der Waals surface area (Å²) in [6.45, 7) is 11.7. The summed E-state index contributed by atoms with van der Waals surface area (Å²) in [5, 5.41) is 3.69. The van der Waals surface area contributed by atoms with E-state index in [1.807, 2.05) is 6.07 Å². The smallest absolute Gasteiger partial charge is 0.265 e. The maximum atomic E-state index is 12.7. The predicted molar refractivity (Wildman–Crippen MR) is 105 cm³/mol. The van der Waals surface area contributed by atoms with Gasteiger partial charge in [-0.05, 0) is 44.0 Å². The van der Waals surface area contributed by atoms with Crippen LogP contribution in [0.3, 0.4) is 0 Å². The van der Waals surface area contributed by atoms with Crippen molar-refractivity contribution in [2.45, 2.75) is 32.7 Å². The van der Waals surface area contributed by atoms with E-state index in [1.54, 1.807) is 17.3 Å². The lowest BCUT2D eigenvalue weighted by atomic mass is 9.99. The van der Waals surface area contributed by atoms with E-state index in [-0.39, 0.29) is 5.91 Å². The molecule has 2 N–H and O–H groups in total. The number of hydrogen-bond acceptors (Lipinski definition) is 4. The third-order valence-electron chi connectivity index (χ3n) is 5.54. The number of imidazole rings is 1. The Kier molecular flexibility index (Phi) is 4.28. The van der Waals surface area contributed by atoms with E-state index >= 15 is 0 Å². The Hall–Kier alpha value is -2.60. The van der Waals surface area contributed by atoms with Crippen LogP contribution >= 0.6 is 0 Å². The molecule has 4 rings (SSSR count). The number of rotatable bonds is 4. The van der Waals surface area contributed by atoms with Crippen molar-refractivity contribution < 1.29 is 4.79 Å². The number of carbonyl (C=O) groups is 1. The lowest BCUT2D eigenvalue weighted by Gasteiger charge is -2.32. The minimum Gasteiger partial charge on any atom is -0.382 e. The molecule has 136 valence electrons. The van der Waals surface area contributed by atoms with E-state index in [1.165, 1.54) is 0 Å². The molecule has 1 amide bonds. The Bertz CT molecular complexity index is 834. The summed E-state index contributed by atoms with van der Waals surface area (Å²) in [5.74, 6) is 0.411. The molecule has 0 saturated carbocycles. The van der Waals surface area contributed by atoms with Crippen molar-refractivity contribution >= 4 is 28.8 Å². The average Bonchev–Trinajstić information content (AvgIpc) is 3.26. The monoisotopic (exact) mass is 351 g/mol. The first-order valence-electron chi connectivity index (χ1n) is 9.25. The highest BCUT2D eigenvalue weighted by Gasteiger charge is 2.35. The van der Waals surface area contributed by atoms with E-state index in [0.717, 1.165) is 55.0 Å². The first kappa shape index (κ1) is 16.8. The number of hydrogen-bond donors (Lipinski definition) is 2. The van der Waals surface area contributed by atoms with Crippen molar-refractivity contribution in [3.8, 4) is 0 Å². The molecule has 1 aromatic heterocycles. The summed E-state index contributed by atoms with van der Waals surface area (Å²) in [5.41, 5.74) is 4.46. The molecule has 2 aromatic rings. The Balaban J connectivity index is 1.61. The number of benzene rings is 1. The lowest BCUT2D eigenvalue weighted by Crippen LogP contribution is -2.38. The molecule has 0 radical (unpaired) electrons. The third-order valence-corrected chi connectivity index (χ3v) is 5.54. The number of piperidine rings is 1. The normalized spacial score (nSPS) is 18.5. The van der Waals surface area contributed by atoms with E-state index < -0.39 is 0 Å². The third kappa shape index (κ3) is 2.70. The van der Waals surface area contributed by atoms with Crippen LogP contribution in [-0.2, 0) is 4.79 Å². The van der Waals surface area contributed by atoms with Gasteiger partial charge in [0, 0.05) is 48.3 Å². The van der Waals surface area contributed by atoms with Crippen LogP contribution in [0.15, 0.2) is 31.1 Å². The molecule has 2 aliphatic rings.